The Kier molecular flexibility index (Phi) is 9.20. The van der Waals surface area contributed by atoms with Crippen LogP contribution in [-0.2, 0) is 0 Å². The second-order valence-electron chi connectivity index (χ2n) is 15.2. The minimum absolute atomic E-state index is 0.0231. The summed E-state index contributed by atoms with van der Waals surface area (Å²) in [6, 6.07) is 73.6. The molecule has 0 bridgehead atoms. The van der Waals surface area contributed by atoms with Gasteiger partial charge in [0.1, 0.15) is 0 Å². The molecule has 3 heterocycles. The number of nitrogens with zero attached hydrogens (tertiary/aromatic N) is 6. The van der Waals surface area contributed by atoms with Crippen LogP contribution in [0.2, 0.25) is 0 Å². The van der Waals surface area contributed by atoms with Crippen LogP contribution in [-0.4, -0.2) is 31.1 Å². The van der Waals surface area contributed by atoms with E-state index in [2.05, 4.69) is 150 Å². The first kappa shape index (κ1) is 36.0. The van der Waals surface area contributed by atoms with E-state index < -0.39 is 0 Å². The van der Waals surface area contributed by atoms with Gasteiger partial charge in [0.25, 0.3) is 0 Å². The second-order valence-corrected chi connectivity index (χ2v) is 15.2. The highest BCUT2D eigenvalue weighted by molar-refractivity contribution is 6.17. The molecular formula is C55H38N6. The molecule has 1 unspecified atom stereocenters. The lowest BCUT2D eigenvalue weighted by Crippen LogP contribution is -2.17. The number of aromatic nitrogens is 4. The zero-order valence-corrected chi connectivity index (χ0v) is 33.2. The average Bonchev–Trinajstić information content (AvgIpc) is 3.70. The van der Waals surface area contributed by atoms with Gasteiger partial charge in [-0.15, -0.1) is 0 Å². The topological polar surface area (TPSA) is 68.3 Å². The first-order valence-corrected chi connectivity index (χ1v) is 20.6. The Morgan fingerprint density at radius 3 is 1.44 bits per heavy atom. The number of amidine groups is 1. The van der Waals surface area contributed by atoms with Crippen LogP contribution >= 0.6 is 0 Å². The van der Waals surface area contributed by atoms with E-state index in [1.54, 1.807) is 0 Å². The maximum absolute atomic E-state index is 5.23. The quantitative estimate of drug-likeness (QED) is 0.154. The highest BCUT2D eigenvalue weighted by Gasteiger charge is 2.24. The number of para-hydroxylation sites is 3. The summed E-state index contributed by atoms with van der Waals surface area (Å²) in [6.45, 7) is 0. The summed E-state index contributed by atoms with van der Waals surface area (Å²) >= 11 is 0. The van der Waals surface area contributed by atoms with Crippen molar-refractivity contribution in [3.63, 3.8) is 0 Å². The van der Waals surface area contributed by atoms with Crippen molar-refractivity contribution < 1.29 is 0 Å². The molecule has 288 valence electrons. The van der Waals surface area contributed by atoms with Crippen molar-refractivity contribution in [2.75, 3.05) is 0 Å². The van der Waals surface area contributed by atoms with E-state index >= 15 is 0 Å². The fourth-order valence-electron chi connectivity index (χ4n) is 8.49. The summed E-state index contributed by atoms with van der Waals surface area (Å²) in [7, 11) is 0. The molecule has 0 N–H and O–H groups in total. The molecule has 0 saturated carbocycles. The molecule has 0 saturated heterocycles. The molecule has 0 radical (unpaired) electrons. The van der Waals surface area contributed by atoms with Crippen molar-refractivity contribution in [3.05, 3.63) is 229 Å². The van der Waals surface area contributed by atoms with Crippen molar-refractivity contribution in [3.8, 4) is 51.0 Å². The Morgan fingerprint density at radius 2 is 0.852 bits per heavy atom. The lowest BCUT2D eigenvalue weighted by Gasteiger charge is -2.21. The third kappa shape index (κ3) is 6.80. The van der Waals surface area contributed by atoms with Gasteiger partial charge in [-0.05, 0) is 34.9 Å². The Hall–Kier alpha value is -8.09. The molecule has 10 aromatic rings. The first-order chi connectivity index (χ1) is 30.2. The molecule has 11 rings (SSSR count). The SMILES string of the molecule is c1ccc(C2=NC(c3ccc(-c4cccc5c6cccc(-c7nc(-c8ccccc8)nc(-c8ccccc8)n7)c6n(-c6ccccc6)c45)cc3)=NC(c3ccccc3)C2)cc1. The zero-order valence-electron chi connectivity index (χ0n) is 33.2. The summed E-state index contributed by atoms with van der Waals surface area (Å²) < 4.78 is 2.38. The molecule has 6 heteroatoms. The summed E-state index contributed by atoms with van der Waals surface area (Å²) in [6.07, 6.45) is 0.745. The normalized spacial score (nSPS) is 13.9. The molecular weight excluding hydrogens is 745 g/mol. The van der Waals surface area contributed by atoms with Crippen LogP contribution in [0.1, 0.15) is 29.2 Å². The third-order valence-corrected chi connectivity index (χ3v) is 11.4. The van der Waals surface area contributed by atoms with E-state index in [0.717, 1.165) is 84.4 Å². The summed E-state index contributed by atoms with van der Waals surface area (Å²) in [5.74, 6) is 2.61. The smallest absolute Gasteiger partial charge is 0.166 e. The summed E-state index contributed by atoms with van der Waals surface area (Å²) in [5.41, 5.74) is 12.5. The third-order valence-electron chi connectivity index (χ3n) is 11.4. The highest BCUT2D eigenvalue weighted by Crippen LogP contribution is 2.42. The van der Waals surface area contributed by atoms with Crippen LogP contribution in [0.15, 0.2) is 222 Å². The van der Waals surface area contributed by atoms with Gasteiger partial charge in [0.05, 0.1) is 22.8 Å². The van der Waals surface area contributed by atoms with Gasteiger partial charge in [0.15, 0.2) is 23.3 Å². The van der Waals surface area contributed by atoms with Gasteiger partial charge in [0, 0.05) is 50.7 Å². The molecule has 0 amide bonds. The monoisotopic (exact) mass is 782 g/mol. The Labute approximate surface area is 354 Å². The molecule has 2 aromatic heterocycles. The minimum Gasteiger partial charge on any atom is -0.308 e. The zero-order chi connectivity index (χ0) is 40.5. The second kappa shape index (κ2) is 15.6. The standard InChI is InChI=1S/C55H38N6/c1-6-18-38(19-7-1)48-36-49(39-20-8-2-9-21-39)57-52(56-48)42-34-32-37(33-35-42)44-28-16-29-45-46-30-17-31-47(51(46)61(50(44)45)43-26-14-5-15-27-43)55-59-53(40-22-10-3-11-23-40)58-54(60-55)41-24-12-4-13-25-41/h1-35,48H,36H2. The van der Waals surface area contributed by atoms with Gasteiger partial charge in [-0.3, -0.25) is 4.99 Å². The number of rotatable bonds is 8. The van der Waals surface area contributed by atoms with Crippen LogP contribution in [0.4, 0.5) is 0 Å². The molecule has 61 heavy (non-hydrogen) atoms. The van der Waals surface area contributed by atoms with E-state index in [1.807, 2.05) is 66.7 Å². The largest absolute Gasteiger partial charge is 0.308 e. The molecule has 6 nitrogen and oxygen atoms in total. The first-order valence-electron chi connectivity index (χ1n) is 20.6. The Bertz CT molecular complexity index is 3170. The fourth-order valence-corrected chi connectivity index (χ4v) is 8.49. The lowest BCUT2D eigenvalue weighted by molar-refractivity contribution is 0.753. The number of hydrogen-bond donors (Lipinski definition) is 0. The van der Waals surface area contributed by atoms with Gasteiger partial charge in [-0.25, -0.2) is 19.9 Å². The van der Waals surface area contributed by atoms with Crippen molar-refractivity contribution in [1.29, 1.82) is 0 Å². The number of hydrogen-bond acceptors (Lipinski definition) is 5. The van der Waals surface area contributed by atoms with Crippen LogP contribution in [0.5, 0.6) is 0 Å². The summed E-state index contributed by atoms with van der Waals surface area (Å²) in [4.78, 5) is 25.8. The van der Waals surface area contributed by atoms with Gasteiger partial charge in [-0.1, -0.05) is 194 Å². The van der Waals surface area contributed by atoms with Gasteiger partial charge < -0.3 is 4.57 Å². The highest BCUT2D eigenvalue weighted by atomic mass is 15.0. The van der Waals surface area contributed by atoms with Gasteiger partial charge in [0.2, 0.25) is 0 Å². The molecule has 0 aliphatic carbocycles. The summed E-state index contributed by atoms with van der Waals surface area (Å²) in [5, 5.41) is 2.26. The number of benzene rings is 8. The molecule has 8 aromatic carbocycles. The Balaban J connectivity index is 1.08. The predicted octanol–water partition coefficient (Wildman–Crippen LogP) is 13.0. The van der Waals surface area contributed by atoms with Crippen LogP contribution in [0.3, 0.4) is 0 Å². The minimum atomic E-state index is -0.0231. The lowest BCUT2D eigenvalue weighted by atomic mass is 9.95. The molecule has 1 aliphatic rings. The van der Waals surface area contributed by atoms with Crippen LogP contribution in [0, 0.1) is 0 Å². The van der Waals surface area contributed by atoms with E-state index in [4.69, 9.17) is 24.9 Å². The van der Waals surface area contributed by atoms with Gasteiger partial charge in [-0.2, -0.15) is 0 Å². The van der Waals surface area contributed by atoms with Crippen LogP contribution in [0.25, 0.3) is 72.8 Å². The van der Waals surface area contributed by atoms with E-state index in [9.17, 15) is 0 Å². The fraction of sp³-hybridized carbons (Fsp3) is 0.0364. The van der Waals surface area contributed by atoms with E-state index in [0.29, 0.717) is 17.5 Å². The number of fused-ring (bicyclic) bond motifs is 3. The van der Waals surface area contributed by atoms with Crippen molar-refractivity contribution in [1.82, 2.24) is 19.5 Å². The maximum Gasteiger partial charge on any atom is 0.166 e. The van der Waals surface area contributed by atoms with Crippen LogP contribution < -0.4 is 0 Å². The van der Waals surface area contributed by atoms with Crippen molar-refractivity contribution in [2.45, 2.75) is 12.5 Å². The predicted molar refractivity (Wildman–Crippen MR) is 249 cm³/mol. The Morgan fingerprint density at radius 1 is 0.377 bits per heavy atom. The molecule has 1 atom stereocenters. The van der Waals surface area contributed by atoms with Crippen molar-refractivity contribution in [2.24, 2.45) is 9.98 Å². The molecule has 0 fully saturated rings. The van der Waals surface area contributed by atoms with E-state index in [-0.39, 0.29) is 6.04 Å². The maximum atomic E-state index is 5.23. The van der Waals surface area contributed by atoms with E-state index in [1.165, 1.54) is 5.56 Å². The molecule has 0 spiro atoms. The van der Waals surface area contributed by atoms with Gasteiger partial charge >= 0.3 is 0 Å². The number of aliphatic imine (C=N–C) groups is 2. The molecule has 1 aliphatic heterocycles. The van der Waals surface area contributed by atoms with Crippen molar-refractivity contribution >= 4 is 33.4 Å². The average molecular weight is 783 g/mol.